The fraction of sp³-hybridized carbons (Fsp3) is 0.500. The van der Waals surface area contributed by atoms with E-state index in [1.54, 1.807) is 35.3 Å². The SMILES string of the molecule is CC(=O)Nc1ccc(NC(=O)CC2(Cn3cnnn3)CCCCC2)cc1. The molecule has 1 saturated carbocycles. The summed E-state index contributed by atoms with van der Waals surface area (Å²) in [7, 11) is 0. The minimum absolute atomic E-state index is 0.00717. The van der Waals surface area contributed by atoms with Crippen molar-refractivity contribution in [2.45, 2.75) is 52.0 Å². The second-order valence-electron chi connectivity index (χ2n) is 7.05. The van der Waals surface area contributed by atoms with Gasteiger partial charge in [0.2, 0.25) is 11.8 Å². The summed E-state index contributed by atoms with van der Waals surface area (Å²) in [6.45, 7) is 2.12. The van der Waals surface area contributed by atoms with Crippen LogP contribution < -0.4 is 10.6 Å². The summed E-state index contributed by atoms with van der Waals surface area (Å²) in [5, 5.41) is 17.0. The first kappa shape index (κ1) is 18.0. The number of hydrogen-bond donors (Lipinski definition) is 2. The Labute approximate surface area is 152 Å². The lowest BCUT2D eigenvalue weighted by Crippen LogP contribution is -2.34. The van der Waals surface area contributed by atoms with E-state index in [1.165, 1.54) is 13.3 Å². The van der Waals surface area contributed by atoms with Gasteiger partial charge in [0.1, 0.15) is 6.33 Å². The van der Waals surface area contributed by atoms with E-state index in [0.29, 0.717) is 18.7 Å². The molecule has 2 amide bonds. The van der Waals surface area contributed by atoms with E-state index in [1.807, 2.05) is 0 Å². The Kier molecular flexibility index (Phi) is 5.60. The number of carbonyl (C=O) groups is 2. The van der Waals surface area contributed by atoms with E-state index >= 15 is 0 Å². The standard InChI is InChI=1S/C18H24N6O2/c1-14(25)20-15-5-7-16(8-6-15)21-17(26)11-18(9-3-2-4-10-18)12-24-13-19-22-23-24/h5-8,13H,2-4,9-12H2,1H3,(H,20,25)(H,21,26). The molecule has 1 fully saturated rings. The van der Waals surface area contributed by atoms with Crippen LogP contribution in [-0.2, 0) is 16.1 Å². The maximum atomic E-state index is 12.6. The number of carbonyl (C=O) groups excluding carboxylic acids is 2. The summed E-state index contributed by atoms with van der Waals surface area (Å²) in [5.74, 6) is -0.129. The fourth-order valence-electron chi connectivity index (χ4n) is 3.67. The third-order valence-electron chi connectivity index (χ3n) is 4.83. The molecule has 26 heavy (non-hydrogen) atoms. The van der Waals surface area contributed by atoms with Gasteiger partial charge >= 0.3 is 0 Å². The zero-order valence-electron chi connectivity index (χ0n) is 14.9. The lowest BCUT2D eigenvalue weighted by molar-refractivity contribution is -0.119. The largest absolute Gasteiger partial charge is 0.326 e. The van der Waals surface area contributed by atoms with Gasteiger partial charge in [-0.05, 0) is 52.9 Å². The monoisotopic (exact) mass is 356 g/mol. The highest BCUT2D eigenvalue weighted by Gasteiger charge is 2.35. The molecule has 8 nitrogen and oxygen atoms in total. The maximum absolute atomic E-state index is 12.6. The molecule has 0 aliphatic heterocycles. The zero-order valence-corrected chi connectivity index (χ0v) is 14.9. The highest BCUT2D eigenvalue weighted by atomic mass is 16.2. The van der Waals surface area contributed by atoms with Crippen LogP contribution in [-0.4, -0.2) is 32.0 Å². The molecule has 2 N–H and O–H groups in total. The van der Waals surface area contributed by atoms with Gasteiger partial charge in [0, 0.05) is 24.7 Å². The second kappa shape index (κ2) is 8.07. The van der Waals surface area contributed by atoms with Gasteiger partial charge in [-0.2, -0.15) is 0 Å². The van der Waals surface area contributed by atoms with E-state index < -0.39 is 0 Å². The van der Waals surface area contributed by atoms with Crippen molar-refractivity contribution in [2.24, 2.45) is 5.41 Å². The van der Waals surface area contributed by atoms with Crippen LogP contribution in [0.25, 0.3) is 0 Å². The third kappa shape index (κ3) is 4.87. The predicted molar refractivity (Wildman–Crippen MR) is 97.3 cm³/mol. The van der Waals surface area contributed by atoms with Gasteiger partial charge in [-0.15, -0.1) is 5.10 Å². The number of tetrazole rings is 1. The summed E-state index contributed by atoms with van der Waals surface area (Å²) < 4.78 is 1.72. The Bertz CT molecular complexity index is 736. The Morgan fingerprint density at radius 1 is 1.08 bits per heavy atom. The minimum atomic E-state index is -0.122. The first-order valence-electron chi connectivity index (χ1n) is 8.93. The molecule has 0 bridgehead atoms. The van der Waals surface area contributed by atoms with Gasteiger partial charge in [-0.3, -0.25) is 9.59 Å². The Morgan fingerprint density at radius 3 is 2.31 bits per heavy atom. The Balaban J connectivity index is 1.63. The van der Waals surface area contributed by atoms with Crippen LogP contribution in [0.1, 0.15) is 45.4 Å². The van der Waals surface area contributed by atoms with Gasteiger partial charge in [-0.1, -0.05) is 19.3 Å². The van der Waals surface area contributed by atoms with Crippen LogP contribution in [0.3, 0.4) is 0 Å². The fourth-order valence-corrected chi connectivity index (χ4v) is 3.67. The van der Waals surface area contributed by atoms with E-state index in [-0.39, 0.29) is 17.2 Å². The Morgan fingerprint density at radius 2 is 1.73 bits per heavy atom. The predicted octanol–water partition coefficient (Wildman–Crippen LogP) is 2.61. The van der Waals surface area contributed by atoms with Gasteiger partial charge in [-0.25, -0.2) is 4.68 Å². The molecule has 1 aromatic heterocycles. The Hall–Kier alpha value is -2.77. The maximum Gasteiger partial charge on any atom is 0.224 e. The number of rotatable bonds is 6. The smallest absolute Gasteiger partial charge is 0.224 e. The molecule has 1 aliphatic rings. The van der Waals surface area contributed by atoms with Gasteiger partial charge in [0.05, 0.1) is 6.54 Å². The number of benzene rings is 1. The van der Waals surface area contributed by atoms with Crippen molar-refractivity contribution in [1.29, 1.82) is 0 Å². The van der Waals surface area contributed by atoms with E-state index in [0.717, 1.165) is 31.4 Å². The van der Waals surface area contributed by atoms with E-state index in [2.05, 4.69) is 26.2 Å². The summed E-state index contributed by atoms with van der Waals surface area (Å²) in [6.07, 6.45) is 7.52. The molecule has 0 saturated heterocycles. The van der Waals surface area contributed by atoms with Crippen LogP contribution >= 0.6 is 0 Å². The summed E-state index contributed by atoms with van der Waals surface area (Å²) >= 11 is 0. The van der Waals surface area contributed by atoms with Crippen molar-refractivity contribution in [1.82, 2.24) is 20.2 Å². The molecule has 1 aliphatic carbocycles. The molecule has 0 unspecified atom stereocenters. The first-order valence-corrected chi connectivity index (χ1v) is 8.93. The minimum Gasteiger partial charge on any atom is -0.326 e. The van der Waals surface area contributed by atoms with Crippen LogP contribution in [0.2, 0.25) is 0 Å². The van der Waals surface area contributed by atoms with Gasteiger partial charge < -0.3 is 10.6 Å². The zero-order chi connectivity index (χ0) is 18.4. The summed E-state index contributed by atoms with van der Waals surface area (Å²) in [4.78, 5) is 23.7. The molecule has 3 rings (SSSR count). The lowest BCUT2D eigenvalue weighted by Gasteiger charge is -2.36. The first-order chi connectivity index (χ1) is 12.5. The molecule has 1 heterocycles. The third-order valence-corrected chi connectivity index (χ3v) is 4.83. The average molecular weight is 356 g/mol. The molecular weight excluding hydrogens is 332 g/mol. The van der Waals surface area contributed by atoms with Gasteiger partial charge in [0.15, 0.2) is 0 Å². The second-order valence-corrected chi connectivity index (χ2v) is 7.05. The quantitative estimate of drug-likeness (QED) is 0.828. The van der Waals surface area contributed by atoms with Crippen LogP contribution in [0.15, 0.2) is 30.6 Å². The molecule has 0 radical (unpaired) electrons. The molecule has 0 spiro atoms. The van der Waals surface area contributed by atoms with Crippen molar-refractivity contribution in [3.05, 3.63) is 30.6 Å². The summed E-state index contributed by atoms with van der Waals surface area (Å²) in [5.41, 5.74) is 1.32. The molecule has 1 aromatic carbocycles. The molecular formula is C18H24N6O2. The molecule has 2 aromatic rings. The molecule has 0 atom stereocenters. The van der Waals surface area contributed by atoms with Crippen molar-refractivity contribution >= 4 is 23.2 Å². The number of aromatic nitrogens is 4. The van der Waals surface area contributed by atoms with Crippen LogP contribution in [0.5, 0.6) is 0 Å². The number of anilines is 2. The lowest BCUT2D eigenvalue weighted by atomic mass is 9.71. The van der Waals surface area contributed by atoms with Crippen molar-refractivity contribution in [3.63, 3.8) is 0 Å². The van der Waals surface area contributed by atoms with Crippen LogP contribution in [0, 0.1) is 5.41 Å². The van der Waals surface area contributed by atoms with Gasteiger partial charge in [0.25, 0.3) is 0 Å². The van der Waals surface area contributed by atoms with Crippen LogP contribution in [0.4, 0.5) is 11.4 Å². The number of nitrogens with one attached hydrogen (secondary N) is 2. The van der Waals surface area contributed by atoms with E-state index in [4.69, 9.17) is 0 Å². The van der Waals surface area contributed by atoms with Crippen molar-refractivity contribution in [3.8, 4) is 0 Å². The average Bonchev–Trinajstić information content (AvgIpc) is 3.09. The number of hydrogen-bond acceptors (Lipinski definition) is 5. The van der Waals surface area contributed by atoms with E-state index in [9.17, 15) is 9.59 Å². The number of nitrogens with zero attached hydrogens (tertiary/aromatic N) is 4. The summed E-state index contributed by atoms with van der Waals surface area (Å²) in [6, 6.07) is 7.12. The highest BCUT2D eigenvalue weighted by Crippen LogP contribution is 2.40. The van der Waals surface area contributed by atoms with Crippen molar-refractivity contribution in [2.75, 3.05) is 10.6 Å². The molecule has 138 valence electrons. The highest BCUT2D eigenvalue weighted by molar-refractivity contribution is 5.92. The molecule has 8 heteroatoms. The topological polar surface area (TPSA) is 102 Å². The number of amides is 2. The van der Waals surface area contributed by atoms with Crippen molar-refractivity contribution < 1.29 is 9.59 Å². The normalized spacial score (nSPS) is 16.0.